The van der Waals surface area contributed by atoms with E-state index in [1.165, 1.54) is 37.5 Å². The first-order valence-corrected chi connectivity index (χ1v) is 8.74. The third-order valence-electron chi connectivity index (χ3n) is 3.98. The van der Waals surface area contributed by atoms with Crippen molar-refractivity contribution in [3.63, 3.8) is 0 Å². The number of urea groups is 1. The van der Waals surface area contributed by atoms with Crippen molar-refractivity contribution < 1.29 is 28.7 Å². The summed E-state index contributed by atoms with van der Waals surface area (Å²) in [5.74, 6) is -1.96. The van der Waals surface area contributed by atoms with Crippen LogP contribution >= 0.6 is 11.6 Å². The van der Waals surface area contributed by atoms with Crippen LogP contribution in [0.4, 0.5) is 10.5 Å². The molecule has 0 atom stereocenters. The van der Waals surface area contributed by atoms with Gasteiger partial charge in [-0.05, 0) is 36.4 Å². The van der Waals surface area contributed by atoms with Crippen LogP contribution in [0.5, 0.6) is 5.75 Å². The van der Waals surface area contributed by atoms with Crippen molar-refractivity contribution in [1.29, 1.82) is 0 Å². The Morgan fingerprint density at radius 3 is 2.48 bits per heavy atom. The number of barbiturate groups is 1. The van der Waals surface area contributed by atoms with Crippen LogP contribution in [-0.2, 0) is 19.1 Å². The number of halogens is 1. The minimum atomic E-state index is -0.866. The minimum Gasteiger partial charge on any atom is -0.481 e. The number of amides is 4. The lowest BCUT2D eigenvalue weighted by atomic mass is 10.1. The Bertz CT molecular complexity index is 1020. The lowest BCUT2D eigenvalue weighted by Gasteiger charge is -2.26. The van der Waals surface area contributed by atoms with Gasteiger partial charge in [0.1, 0.15) is 11.3 Å². The second-order valence-electron chi connectivity index (χ2n) is 5.84. The first kappa shape index (κ1) is 20.1. The molecule has 29 heavy (non-hydrogen) atoms. The highest BCUT2D eigenvalue weighted by molar-refractivity contribution is 6.39. The van der Waals surface area contributed by atoms with E-state index in [1.807, 2.05) is 0 Å². The Labute approximate surface area is 170 Å². The molecule has 1 saturated heterocycles. The lowest BCUT2D eigenvalue weighted by Crippen LogP contribution is -2.54. The van der Waals surface area contributed by atoms with Crippen LogP contribution in [0.1, 0.15) is 5.56 Å². The van der Waals surface area contributed by atoms with Crippen LogP contribution in [-0.4, -0.2) is 37.5 Å². The number of hydrogen-bond donors (Lipinski definition) is 1. The van der Waals surface area contributed by atoms with Gasteiger partial charge >= 0.3 is 12.0 Å². The number of methoxy groups -OCH3 is 1. The van der Waals surface area contributed by atoms with Crippen LogP contribution in [0.2, 0.25) is 5.02 Å². The Balaban J connectivity index is 1.95. The largest absolute Gasteiger partial charge is 0.481 e. The third-order valence-corrected chi connectivity index (χ3v) is 4.23. The normalized spacial score (nSPS) is 15.3. The van der Waals surface area contributed by atoms with E-state index in [0.717, 1.165) is 4.90 Å². The third kappa shape index (κ3) is 4.44. The Hall–Kier alpha value is -3.65. The van der Waals surface area contributed by atoms with Crippen LogP contribution in [0.15, 0.2) is 54.1 Å². The fourth-order valence-corrected chi connectivity index (χ4v) is 2.69. The lowest BCUT2D eigenvalue weighted by molar-refractivity contribution is -0.143. The molecular weight excluding hydrogens is 400 g/mol. The maximum Gasteiger partial charge on any atom is 0.343 e. The van der Waals surface area contributed by atoms with Gasteiger partial charge in [-0.25, -0.2) is 14.5 Å². The fraction of sp³-hybridized carbons (Fsp3) is 0.100. The van der Waals surface area contributed by atoms with Gasteiger partial charge in [0.15, 0.2) is 6.61 Å². The number of nitrogens with zero attached hydrogens (tertiary/aromatic N) is 1. The number of imide groups is 2. The maximum atomic E-state index is 12.9. The standard InChI is InChI=1S/C20H15ClN2O6/c1-28-17(24)11-29-16-5-3-2-4-12(16)10-15-18(25)22-20(27)23(19(15)26)14-8-6-13(21)7-9-14/h2-10H,11H2,1H3,(H,22,25,27)/b15-10+. The SMILES string of the molecule is COC(=O)COc1ccccc1/C=C1\C(=O)NC(=O)N(c2ccc(Cl)cc2)C1=O. The number of carbonyl (C=O) groups is 4. The highest BCUT2D eigenvalue weighted by Gasteiger charge is 2.36. The molecule has 0 aromatic heterocycles. The van der Waals surface area contributed by atoms with Gasteiger partial charge < -0.3 is 9.47 Å². The molecule has 148 valence electrons. The smallest absolute Gasteiger partial charge is 0.343 e. The Morgan fingerprint density at radius 1 is 1.10 bits per heavy atom. The first-order valence-electron chi connectivity index (χ1n) is 8.36. The molecule has 4 amide bonds. The second kappa shape index (κ2) is 8.57. The monoisotopic (exact) mass is 414 g/mol. The van der Waals surface area contributed by atoms with Crippen molar-refractivity contribution in [2.45, 2.75) is 0 Å². The van der Waals surface area contributed by atoms with Crippen LogP contribution in [0.25, 0.3) is 6.08 Å². The van der Waals surface area contributed by atoms with Gasteiger partial charge in [-0.1, -0.05) is 29.8 Å². The predicted octanol–water partition coefficient (Wildman–Crippen LogP) is 2.56. The molecule has 9 heteroatoms. The van der Waals surface area contributed by atoms with Gasteiger partial charge in [0.05, 0.1) is 12.8 Å². The average molecular weight is 415 g/mol. The summed E-state index contributed by atoms with van der Waals surface area (Å²) < 4.78 is 9.92. The van der Waals surface area contributed by atoms with E-state index in [9.17, 15) is 19.2 Å². The molecule has 1 aliphatic heterocycles. The number of nitrogens with one attached hydrogen (secondary N) is 1. The molecule has 0 bridgehead atoms. The minimum absolute atomic E-state index is 0.255. The molecule has 1 heterocycles. The second-order valence-corrected chi connectivity index (χ2v) is 6.27. The van der Waals surface area contributed by atoms with Crippen molar-refractivity contribution >= 4 is 47.2 Å². The van der Waals surface area contributed by atoms with Gasteiger partial charge in [0, 0.05) is 10.6 Å². The van der Waals surface area contributed by atoms with Gasteiger partial charge in [-0.3, -0.25) is 14.9 Å². The molecule has 2 aromatic rings. The number of hydrogen-bond acceptors (Lipinski definition) is 6. The van der Waals surface area contributed by atoms with E-state index in [0.29, 0.717) is 10.6 Å². The topological polar surface area (TPSA) is 102 Å². The molecule has 8 nitrogen and oxygen atoms in total. The molecule has 0 radical (unpaired) electrons. The number of rotatable bonds is 5. The summed E-state index contributed by atoms with van der Waals surface area (Å²) in [6.45, 7) is -0.341. The Morgan fingerprint density at radius 2 is 1.79 bits per heavy atom. The quantitative estimate of drug-likeness (QED) is 0.458. The molecule has 1 N–H and O–H groups in total. The van der Waals surface area contributed by atoms with Crippen LogP contribution in [0.3, 0.4) is 0 Å². The van der Waals surface area contributed by atoms with E-state index in [4.69, 9.17) is 16.3 Å². The summed E-state index contributed by atoms with van der Waals surface area (Å²) >= 11 is 5.85. The van der Waals surface area contributed by atoms with E-state index >= 15 is 0 Å². The first-order chi connectivity index (χ1) is 13.9. The highest BCUT2D eigenvalue weighted by Crippen LogP contribution is 2.26. The summed E-state index contributed by atoms with van der Waals surface area (Å²) in [7, 11) is 1.23. The van der Waals surface area contributed by atoms with Crippen molar-refractivity contribution in [3.8, 4) is 5.75 Å². The molecule has 2 aromatic carbocycles. The molecule has 0 saturated carbocycles. The maximum absolute atomic E-state index is 12.9. The zero-order chi connectivity index (χ0) is 21.0. The molecule has 0 spiro atoms. The summed E-state index contributed by atoms with van der Waals surface area (Å²) in [5, 5.41) is 2.57. The predicted molar refractivity (Wildman–Crippen MR) is 104 cm³/mol. The fourth-order valence-electron chi connectivity index (χ4n) is 2.56. The molecule has 1 fully saturated rings. The Kier molecular flexibility index (Phi) is 5.94. The number of ether oxygens (including phenoxy) is 2. The summed E-state index contributed by atoms with van der Waals surface area (Å²) in [6, 6.07) is 11.7. The zero-order valence-electron chi connectivity index (χ0n) is 15.2. The number of anilines is 1. The van der Waals surface area contributed by atoms with Crippen LogP contribution < -0.4 is 15.0 Å². The molecule has 1 aliphatic rings. The molecular formula is C20H15ClN2O6. The number of para-hydroxylation sites is 1. The van der Waals surface area contributed by atoms with Crippen LogP contribution in [0, 0.1) is 0 Å². The van der Waals surface area contributed by atoms with Crippen molar-refractivity contribution in [2.24, 2.45) is 0 Å². The number of benzene rings is 2. The van der Waals surface area contributed by atoms with Gasteiger partial charge in [-0.2, -0.15) is 0 Å². The summed E-state index contributed by atoms with van der Waals surface area (Å²) in [5.41, 5.74) is 0.361. The van der Waals surface area contributed by atoms with E-state index in [2.05, 4.69) is 10.1 Å². The molecule has 0 aliphatic carbocycles. The van der Waals surface area contributed by atoms with Gasteiger partial charge in [0.25, 0.3) is 11.8 Å². The average Bonchev–Trinajstić information content (AvgIpc) is 2.71. The van der Waals surface area contributed by atoms with E-state index in [-0.39, 0.29) is 23.6 Å². The number of carbonyl (C=O) groups excluding carboxylic acids is 4. The molecule has 0 unspecified atom stereocenters. The van der Waals surface area contributed by atoms with Crippen molar-refractivity contribution in [1.82, 2.24) is 5.32 Å². The summed E-state index contributed by atoms with van der Waals surface area (Å²) in [4.78, 5) is 49.5. The highest BCUT2D eigenvalue weighted by atomic mass is 35.5. The van der Waals surface area contributed by atoms with Crippen molar-refractivity contribution in [2.75, 3.05) is 18.6 Å². The number of esters is 1. The molecule has 3 rings (SSSR count). The summed E-state index contributed by atoms with van der Waals surface area (Å²) in [6.07, 6.45) is 1.29. The van der Waals surface area contributed by atoms with Gasteiger partial charge in [-0.15, -0.1) is 0 Å². The zero-order valence-corrected chi connectivity index (χ0v) is 15.9. The van der Waals surface area contributed by atoms with E-state index < -0.39 is 23.8 Å². The van der Waals surface area contributed by atoms with E-state index in [1.54, 1.807) is 24.3 Å². The van der Waals surface area contributed by atoms with Crippen molar-refractivity contribution in [3.05, 3.63) is 64.7 Å². The van der Waals surface area contributed by atoms with Gasteiger partial charge in [0.2, 0.25) is 0 Å².